The first-order chi connectivity index (χ1) is 15.7. The van der Waals surface area contributed by atoms with E-state index >= 15 is 0 Å². The summed E-state index contributed by atoms with van der Waals surface area (Å²) in [6.07, 6.45) is 7.18. The van der Waals surface area contributed by atoms with Gasteiger partial charge in [-0.3, -0.25) is 0 Å². The number of unbranched alkanes of at least 4 members (excludes halogenated alkanes) is 4. The highest BCUT2D eigenvalue weighted by atomic mass is 127. The quantitative estimate of drug-likeness (QED) is 0.0868. The maximum Gasteiger partial charge on any atom is 0.119 e. The van der Waals surface area contributed by atoms with Crippen LogP contribution in [-0.2, 0) is 0 Å². The highest BCUT2D eigenvalue weighted by molar-refractivity contribution is 14.1. The third-order valence-corrected chi connectivity index (χ3v) is 6.88. The molecule has 3 rings (SSSR count). The molecule has 0 aliphatic carbocycles. The molecule has 0 saturated carbocycles. The van der Waals surface area contributed by atoms with E-state index in [1.54, 1.807) is 0 Å². The van der Waals surface area contributed by atoms with Gasteiger partial charge in [-0.1, -0.05) is 96.7 Å². The zero-order chi connectivity index (χ0) is 22.6. The van der Waals surface area contributed by atoms with Crippen LogP contribution in [0.5, 0.6) is 5.75 Å². The molecule has 0 aliphatic heterocycles. The number of hydrogen-bond donors (Lipinski definition) is 0. The summed E-state index contributed by atoms with van der Waals surface area (Å²) in [5.41, 5.74) is 6.43. The summed E-state index contributed by atoms with van der Waals surface area (Å²) < 4.78 is 7.26. The first-order valence-electron chi connectivity index (χ1n) is 11.6. The lowest BCUT2D eigenvalue weighted by molar-refractivity contribution is 0.304. The van der Waals surface area contributed by atoms with Crippen LogP contribution in [0.25, 0.3) is 11.1 Å². The van der Waals surface area contributed by atoms with E-state index in [1.807, 2.05) is 0 Å². The molecule has 32 heavy (non-hydrogen) atoms. The molecule has 0 fully saturated rings. The fourth-order valence-electron chi connectivity index (χ4n) is 3.93. The Morgan fingerprint density at radius 3 is 1.94 bits per heavy atom. The van der Waals surface area contributed by atoms with Crippen molar-refractivity contribution in [3.8, 4) is 5.75 Å². The van der Waals surface area contributed by atoms with Crippen LogP contribution in [0.15, 0.2) is 78.9 Å². The normalized spacial score (nSPS) is 11.8. The number of benzene rings is 3. The lowest BCUT2D eigenvalue weighted by Crippen LogP contribution is -1.98. The Hall–Kier alpha value is -1.59. The van der Waals surface area contributed by atoms with Gasteiger partial charge in [-0.05, 0) is 94.0 Å². The smallest absolute Gasteiger partial charge is 0.119 e. The van der Waals surface area contributed by atoms with Crippen molar-refractivity contribution in [1.29, 1.82) is 0 Å². The summed E-state index contributed by atoms with van der Waals surface area (Å²) in [5.74, 6) is 0.953. The van der Waals surface area contributed by atoms with Gasteiger partial charge in [0.05, 0.1) is 6.61 Å². The molecule has 3 heteroatoms. The van der Waals surface area contributed by atoms with Crippen molar-refractivity contribution in [3.63, 3.8) is 0 Å². The van der Waals surface area contributed by atoms with E-state index in [2.05, 4.69) is 124 Å². The van der Waals surface area contributed by atoms with E-state index in [0.29, 0.717) is 0 Å². The number of allylic oxidation sites excluding steroid dienone is 1. The van der Waals surface area contributed by atoms with Gasteiger partial charge in [-0.15, -0.1) is 0 Å². The summed E-state index contributed by atoms with van der Waals surface area (Å²) in [6, 6.07) is 28.2. The van der Waals surface area contributed by atoms with Gasteiger partial charge in [-0.2, -0.15) is 0 Å². The lowest BCUT2D eigenvalue weighted by atomic mass is 9.88. The maximum absolute atomic E-state index is 6.01. The van der Waals surface area contributed by atoms with Crippen molar-refractivity contribution in [2.45, 2.75) is 45.4 Å². The van der Waals surface area contributed by atoms with Gasteiger partial charge in [0.25, 0.3) is 0 Å². The van der Waals surface area contributed by atoms with Crippen molar-refractivity contribution in [1.82, 2.24) is 0 Å². The fourth-order valence-corrected chi connectivity index (χ4v) is 4.69. The average Bonchev–Trinajstić information content (AvgIpc) is 2.84. The Bertz CT molecular complexity index is 962. The van der Waals surface area contributed by atoms with Crippen LogP contribution in [0.2, 0.25) is 0 Å². The molecule has 0 heterocycles. The van der Waals surface area contributed by atoms with Crippen molar-refractivity contribution in [2.24, 2.45) is 0 Å². The molecule has 0 saturated heterocycles. The van der Waals surface area contributed by atoms with Crippen molar-refractivity contribution >= 4 is 49.7 Å². The van der Waals surface area contributed by atoms with Crippen LogP contribution in [0, 0.1) is 3.57 Å². The van der Waals surface area contributed by atoms with Gasteiger partial charge in [0.1, 0.15) is 5.75 Å². The molecule has 0 aromatic heterocycles. The second-order valence-electron chi connectivity index (χ2n) is 7.91. The highest BCUT2D eigenvalue weighted by Crippen LogP contribution is 2.35. The average molecular weight is 603 g/mol. The first-order valence-corrected chi connectivity index (χ1v) is 13.8. The molecule has 0 amide bonds. The van der Waals surface area contributed by atoms with E-state index in [4.69, 9.17) is 4.74 Å². The Morgan fingerprint density at radius 2 is 1.31 bits per heavy atom. The molecule has 0 aliphatic rings. The zero-order valence-electron chi connectivity index (χ0n) is 18.8. The third kappa shape index (κ3) is 7.48. The molecule has 0 bridgehead atoms. The van der Waals surface area contributed by atoms with Crippen LogP contribution in [-0.4, -0.2) is 11.9 Å². The second kappa shape index (κ2) is 13.8. The van der Waals surface area contributed by atoms with Gasteiger partial charge in [0.15, 0.2) is 0 Å². The van der Waals surface area contributed by atoms with Gasteiger partial charge in [0, 0.05) is 8.90 Å². The highest BCUT2D eigenvalue weighted by Gasteiger charge is 2.13. The minimum Gasteiger partial charge on any atom is -0.494 e. The summed E-state index contributed by atoms with van der Waals surface area (Å²) in [4.78, 5) is 0. The molecule has 0 N–H and O–H groups in total. The standard InChI is InChI=1S/C29H32BrIO/c1-2-28(23-11-7-6-8-12-23)29(24-13-17-26(31)18-14-24)25-15-19-27(20-16-25)32-22-10-5-3-4-9-21-30/h6-8,11-20H,2-5,9-10,21-22H2,1H3/b29-28-. The van der Waals surface area contributed by atoms with Gasteiger partial charge < -0.3 is 4.74 Å². The number of ether oxygens (including phenoxy) is 1. The van der Waals surface area contributed by atoms with E-state index in [9.17, 15) is 0 Å². The van der Waals surface area contributed by atoms with Crippen molar-refractivity contribution in [3.05, 3.63) is 99.1 Å². The largest absolute Gasteiger partial charge is 0.494 e. The minimum absolute atomic E-state index is 0.789. The van der Waals surface area contributed by atoms with Crippen LogP contribution in [0.1, 0.15) is 62.1 Å². The Balaban J connectivity index is 1.80. The van der Waals surface area contributed by atoms with E-state index in [1.165, 1.54) is 57.1 Å². The predicted molar refractivity (Wildman–Crippen MR) is 151 cm³/mol. The molecule has 3 aromatic rings. The van der Waals surface area contributed by atoms with Crippen molar-refractivity contribution < 1.29 is 4.74 Å². The summed E-state index contributed by atoms with van der Waals surface area (Å²) >= 11 is 5.86. The number of halogens is 2. The lowest BCUT2D eigenvalue weighted by Gasteiger charge is -2.17. The van der Waals surface area contributed by atoms with E-state index in [0.717, 1.165) is 30.5 Å². The molecule has 168 valence electrons. The van der Waals surface area contributed by atoms with Crippen LogP contribution in [0.4, 0.5) is 0 Å². The molecule has 3 aromatic carbocycles. The maximum atomic E-state index is 6.01. The molecule has 0 radical (unpaired) electrons. The van der Waals surface area contributed by atoms with Crippen molar-refractivity contribution in [2.75, 3.05) is 11.9 Å². The minimum atomic E-state index is 0.789. The van der Waals surface area contributed by atoms with E-state index in [-0.39, 0.29) is 0 Å². The zero-order valence-corrected chi connectivity index (χ0v) is 22.6. The summed E-state index contributed by atoms with van der Waals surface area (Å²) in [5, 5.41) is 1.11. The topological polar surface area (TPSA) is 9.23 Å². The molecular weight excluding hydrogens is 571 g/mol. The molecular formula is C29H32BrIO. The number of rotatable bonds is 12. The number of hydrogen-bond acceptors (Lipinski definition) is 1. The SMILES string of the molecule is CC/C(=C(\c1ccc(I)cc1)c1ccc(OCCCCCCCBr)cc1)c1ccccc1. The first kappa shape index (κ1) is 25.0. The van der Waals surface area contributed by atoms with E-state index < -0.39 is 0 Å². The summed E-state index contributed by atoms with van der Waals surface area (Å²) in [6.45, 7) is 3.03. The third-order valence-electron chi connectivity index (χ3n) is 5.60. The summed E-state index contributed by atoms with van der Waals surface area (Å²) in [7, 11) is 0. The van der Waals surface area contributed by atoms with Gasteiger partial charge >= 0.3 is 0 Å². The van der Waals surface area contributed by atoms with Gasteiger partial charge in [-0.25, -0.2) is 0 Å². The Kier molecular flexibility index (Phi) is 10.8. The molecule has 0 atom stereocenters. The predicted octanol–water partition coefficient (Wildman–Crippen LogP) is 9.38. The monoisotopic (exact) mass is 602 g/mol. The van der Waals surface area contributed by atoms with Crippen LogP contribution in [0.3, 0.4) is 0 Å². The molecule has 1 nitrogen and oxygen atoms in total. The second-order valence-corrected chi connectivity index (χ2v) is 9.95. The Labute approximate surface area is 215 Å². The molecule has 0 spiro atoms. The van der Waals surface area contributed by atoms with Gasteiger partial charge in [0.2, 0.25) is 0 Å². The number of alkyl halides is 1. The fraction of sp³-hybridized carbons (Fsp3) is 0.310. The Morgan fingerprint density at radius 1 is 0.719 bits per heavy atom. The molecule has 0 unspecified atom stereocenters. The van der Waals surface area contributed by atoms with Crippen LogP contribution < -0.4 is 4.74 Å². The van der Waals surface area contributed by atoms with Crippen LogP contribution >= 0.6 is 38.5 Å².